The first-order chi connectivity index (χ1) is 13.9. The van der Waals surface area contributed by atoms with Crippen molar-refractivity contribution >= 4 is 45.8 Å². The molecule has 4 rings (SSSR count). The van der Waals surface area contributed by atoms with Crippen LogP contribution in [0.5, 0.6) is 5.75 Å². The van der Waals surface area contributed by atoms with Gasteiger partial charge in [-0.1, -0.05) is 0 Å². The highest BCUT2D eigenvalue weighted by atomic mass is 32.2. The van der Waals surface area contributed by atoms with Gasteiger partial charge < -0.3 is 20.9 Å². The molecule has 152 valence electrons. The van der Waals surface area contributed by atoms with Gasteiger partial charge in [0.2, 0.25) is 0 Å². The number of rotatable bonds is 5. The molecule has 1 aliphatic heterocycles. The number of nitrogens with one attached hydrogen (secondary N) is 1. The Hall–Kier alpha value is -3.14. The number of fused-ring (bicyclic) bond motifs is 1. The van der Waals surface area contributed by atoms with Gasteiger partial charge in [-0.05, 0) is 42.2 Å². The highest BCUT2D eigenvalue weighted by molar-refractivity contribution is 8.00. The quantitative estimate of drug-likeness (QED) is 0.535. The van der Waals surface area contributed by atoms with Gasteiger partial charge in [0.25, 0.3) is 0 Å². The number of benzene rings is 2. The number of nitrogens with two attached hydrogens (primary N) is 1. The van der Waals surface area contributed by atoms with Crippen molar-refractivity contribution in [3.8, 4) is 5.75 Å². The summed E-state index contributed by atoms with van der Waals surface area (Å²) in [5.74, 6) is 0.425. The third-order valence-corrected chi connectivity index (χ3v) is 4.99. The lowest BCUT2D eigenvalue weighted by atomic mass is 10.2. The van der Waals surface area contributed by atoms with Crippen LogP contribution >= 0.6 is 11.8 Å². The fourth-order valence-corrected chi connectivity index (χ4v) is 2.68. The number of thioether (sulfide) groups is 1. The summed E-state index contributed by atoms with van der Waals surface area (Å²) in [6.45, 7) is -0.659. The number of nitrogen functional groups attached to an aromatic ring is 1. The molecule has 0 aliphatic carbocycles. The van der Waals surface area contributed by atoms with E-state index >= 15 is 0 Å². The lowest BCUT2D eigenvalue weighted by Crippen LogP contribution is -2.11. The number of halogens is 2. The van der Waals surface area contributed by atoms with E-state index in [9.17, 15) is 13.6 Å². The zero-order valence-corrected chi connectivity index (χ0v) is 16.0. The van der Waals surface area contributed by atoms with Crippen molar-refractivity contribution in [1.29, 1.82) is 0 Å². The van der Waals surface area contributed by atoms with Crippen molar-refractivity contribution in [2.24, 2.45) is 0 Å². The van der Waals surface area contributed by atoms with Crippen molar-refractivity contribution in [3.63, 3.8) is 0 Å². The number of aliphatic carboxylic acids is 1. The average Bonchev–Trinajstić information content (AvgIpc) is 2.60. The summed E-state index contributed by atoms with van der Waals surface area (Å²) in [6, 6.07) is 6.10. The zero-order chi connectivity index (χ0) is 20.8. The van der Waals surface area contributed by atoms with Crippen LogP contribution in [0.4, 0.5) is 26.0 Å². The van der Waals surface area contributed by atoms with Crippen LogP contribution in [0.3, 0.4) is 0 Å². The number of carbonyl (C=O) groups is 1. The summed E-state index contributed by atoms with van der Waals surface area (Å²) < 4.78 is 32.7. The normalized spacial score (nSPS) is 12.5. The minimum atomic E-state index is -1.22. The molecule has 2 aromatic carbocycles. The third kappa shape index (κ3) is 5.44. The fraction of sp³-hybridized carbons (Fsp3) is 0.211. The maximum absolute atomic E-state index is 14.3. The van der Waals surface area contributed by atoms with E-state index in [1.165, 1.54) is 36.4 Å². The number of carboxylic acids is 1. The van der Waals surface area contributed by atoms with Gasteiger partial charge in [0, 0.05) is 11.8 Å². The summed E-state index contributed by atoms with van der Waals surface area (Å²) in [5, 5.41) is 11.6. The maximum Gasteiger partial charge on any atom is 0.341 e. The lowest BCUT2D eigenvalue weighted by Gasteiger charge is -2.13. The second-order valence-electron chi connectivity index (χ2n) is 6.03. The Morgan fingerprint density at radius 3 is 2.62 bits per heavy atom. The Kier molecular flexibility index (Phi) is 6.65. The van der Waals surface area contributed by atoms with Crippen molar-refractivity contribution in [3.05, 3.63) is 48.3 Å². The number of nitrogens with zero attached hydrogens (tertiary/aromatic N) is 2. The molecule has 0 spiro atoms. The largest absolute Gasteiger partial charge is 0.480 e. The monoisotopic (exact) mass is 420 g/mol. The molecule has 2 heterocycles. The van der Waals surface area contributed by atoms with E-state index in [4.69, 9.17) is 15.6 Å². The second kappa shape index (κ2) is 9.37. The van der Waals surface area contributed by atoms with Crippen LogP contribution in [0, 0.1) is 11.6 Å². The van der Waals surface area contributed by atoms with Gasteiger partial charge in [0.05, 0.1) is 16.6 Å². The first-order valence-corrected chi connectivity index (χ1v) is 9.78. The molecule has 0 amide bonds. The molecular weight excluding hydrogens is 402 g/mol. The first-order valence-electron chi connectivity index (χ1n) is 8.62. The maximum atomic E-state index is 14.3. The molecule has 0 atom stereocenters. The molecule has 1 fully saturated rings. The zero-order valence-electron chi connectivity index (χ0n) is 15.2. The predicted octanol–water partition coefficient (Wildman–Crippen LogP) is 3.82. The molecule has 1 aliphatic rings. The van der Waals surface area contributed by atoms with E-state index in [1.54, 1.807) is 0 Å². The molecule has 0 radical (unpaired) electrons. The second-order valence-corrected chi connectivity index (χ2v) is 7.26. The summed E-state index contributed by atoms with van der Waals surface area (Å²) >= 11 is 2.04. The molecule has 7 nitrogen and oxygen atoms in total. The van der Waals surface area contributed by atoms with Gasteiger partial charge in [-0.15, -0.1) is 0 Å². The molecule has 3 aromatic rings. The van der Waals surface area contributed by atoms with Crippen LogP contribution in [0.25, 0.3) is 10.9 Å². The van der Waals surface area contributed by atoms with E-state index in [0.717, 1.165) is 18.2 Å². The molecule has 0 bridgehead atoms. The molecule has 10 heteroatoms. The van der Waals surface area contributed by atoms with Crippen molar-refractivity contribution < 1.29 is 23.4 Å². The standard InChI is InChI=1S/C16H12F2N4O3.C3H6S/c17-8-1-2-11(13(3-8)25-6-14(23)24)22-16-15-10(18)4-9(19)5-12(15)20-7-21-16;1-2-4-3-1/h1-5,7H,6,19H2,(H,23,24)(H,20,21,22);1-3H2. The van der Waals surface area contributed by atoms with E-state index in [1.807, 2.05) is 11.8 Å². The number of ether oxygens (including phenoxy) is 1. The minimum absolute atomic E-state index is 0.0509. The highest BCUT2D eigenvalue weighted by Gasteiger charge is 2.14. The number of anilines is 3. The van der Waals surface area contributed by atoms with Crippen molar-refractivity contribution in [2.75, 3.05) is 29.2 Å². The Bertz CT molecular complexity index is 1030. The molecule has 0 unspecified atom stereocenters. The van der Waals surface area contributed by atoms with Crippen LogP contribution in [0.15, 0.2) is 36.7 Å². The van der Waals surface area contributed by atoms with Crippen LogP contribution in [-0.2, 0) is 4.79 Å². The number of hydrogen-bond donors (Lipinski definition) is 3. The fourth-order valence-electron chi connectivity index (χ4n) is 2.39. The lowest BCUT2D eigenvalue weighted by molar-refractivity contribution is -0.139. The van der Waals surface area contributed by atoms with Gasteiger partial charge in [-0.25, -0.2) is 23.5 Å². The molecular formula is C19H18F2N4O3S. The van der Waals surface area contributed by atoms with Crippen molar-refractivity contribution in [1.82, 2.24) is 9.97 Å². The van der Waals surface area contributed by atoms with E-state index in [0.29, 0.717) is 0 Å². The number of carboxylic acid groups (broad SMARTS) is 1. The SMILES string of the molecule is C1CSC1.Nc1cc(F)c2c(Nc3ccc(F)cc3OCC(=O)O)ncnc2c1. The summed E-state index contributed by atoms with van der Waals surface area (Å²) in [5.41, 5.74) is 6.31. The summed E-state index contributed by atoms with van der Waals surface area (Å²) in [6.07, 6.45) is 2.68. The summed E-state index contributed by atoms with van der Waals surface area (Å²) in [7, 11) is 0. The average molecular weight is 420 g/mol. The van der Waals surface area contributed by atoms with Crippen LogP contribution in [0.2, 0.25) is 0 Å². The molecule has 1 saturated heterocycles. The molecule has 29 heavy (non-hydrogen) atoms. The number of hydrogen-bond acceptors (Lipinski definition) is 7. The Morgan fingerprint density at radius 2 is 1.97 bits per heavy atom. The Balaban J connectivity index is 0.000000536. The summed E-state index contributed by atoms with van der Waals surface area (Å²) in [4.78, 5) is 18.6. The molecule has 4 N–H and O–H groups in total. The highest BCUT2D eigenvalue weighted by Crippen LogP contribution is 2.32. The van der Waals surface area contributed by atoms with Crippen LogP contribution < -0.4 is 15.8 Å². The Morgan fingerprint density at radius 1 is 1.24 bits per heavy atom. The smallest absolute Gasteiger partial charge is 0.341 e. The van der Waals surface area contributed by atoms with E-state index in [2.05, 4.69) is 15.3 Å². The van der Waals surface area contributed by atoms with E-state index in [-0.39, 0.29) is 33.8 Å². The third-order valence-electron chi connectivity index (χ3n) is 3.84. The topological polar surface area (TPSA) is 110 Å². The number of aromatic nitrogens is 2. The molecule has 1 aromatic heterocycles. The van der Waals surface area contributed by atoms with E-state index < -0.39 is 24.2 Å². The first kappa shape index (κ1) is 20.6. The van der Waals surface area contributed by atoms with Gasteiger partial charge in [0.15, 0.2) is 6.61 Å². The molecule has 0 saturated carbocycles. The van der Waals surface area contributed by atoms with Crippen molar-refractivity contribution in [2.45, 2.75) is 6.42 Å². The predicted molar refractivity (Wildman–Crippen MR) is 109 cm³/mol. The van der Waals surface area contributed by atoms with Gasteiger partial charge in [-0.2, -0.15) is 11.8 Å². The van der Waals surface area contributed by atoms with Gasteiger partial charge >= 0.3 is 5.97 Å². The minimum Gasteiger partial charge on any atom is -0.480 e. The van der Waals surface area contributed by atoms with Crippen LogP contribution in [-0.4, -0.2) is 39.2 Å². The van der Waals surface area contributed by atoms with Crippen LogP contribution in [0.1, 0.15) is 6.42 Å². The van der Waals surface area contributed by atoms with Gasteiger partial charge in [-0.3, -0.25) is 0 Å². The van der Waals surface area contributed by atoms with Gasteiger partial charge in [0.1, 0.15) is 29.5 Å². The Labute approximate surface area is 169 Å².